The van der Waals surface area contributed by atoms with Gasteiger partial charge < -0.3 is 5.73 Å². The minimum Gasteiger partial charge on any atom is -0.330 e. The average molecular weight is 261 g/mol. The van der Waals surface area contributed by atoms with E-state index in [4.69, 9.17) is 5.73 Å². The predicted molar refractivity (Wildman–Crippen MR) is 76.2 cm³/mol. The van der Waals surface area contributed by atoms with Crippen molar-refractivity contribution >= 4 is 11.8 Å². The van der Waals surface area contributed by atoms with Gasteiger partial charge in [-0.25, -0.2) is 4.39 Å². The molecule has 18 heavy (non-hydrogen) atoms. The molecule has 0 saturated heterocycles. The quantitative estimate of drug-likeness (QED) is 0.652. The van der Waals surface area contributed by atoms with Gasteiger partial charge >= 0.3 is 0 Å². The molecule has 0 amide bonds. The van der Waals surface area contributed by atoms with Crippen molar-refractivity contribution in [2.75, 3.05) is 12.3 Å². The third kappa shape index (κ3) is 3.59. The Morgan fingerprint density at radius 1 is 0.889 bits per heavy atom. The van der Waals surface area contributed by atoms with Gasteiger partial charge in [0.05, 0.1) is 0 Å². The van der Waals surface area contributed by atoms with Crippen LogP contribution >= 0.6 is 11.8 Å². The Labute approximate surface area is 111 Å². The molecule has 94 valence electrons. The minimum absolute atomic E-state index is 0.201. The van der Waals surface area contributed by atoms with E-state index in [1.54, 1.807) is 12.1 Å². The van der Waals surface area contributed by atoms with Crippen LogP contribution < -0.4 is 5.73 Å². The highest BCUT2D eigenvalue weighted by molar-refractivity contribution is 7.99. The maximum atomic E-state index is 12.8. The van der Waals surface area contributed by atoms with E-state index in [-0.39, 0.29) is 5.82 Å². The molecule has 2 aromatic rings. The number of nitrogens with two attached hydrogens (primary N) is 1. The molecular formula is C15H16FNS. The summed E-state index contributed by atoms with van der Waals surface area (Å²) in [5.74, 6) is 0.847. The molecule has 0 spiro atoms. The Balaban J connectivity index is 2.05. The smallest absolute Gasteiger partial charge is 0.123 e. The summed E-state index contributed by atoms with van der Waals surface area (Å²) in [7, 11) is 0. The molecule has 0 aliphatic heterocycles. The molecule has 0 aliphatic rings. The first-order chi connectivity index (χ1) is 8.79. The molecule has 0 aromatic heterocycles. The maximum absolute atomic E-state index is 12.8. The van der Waals surface area contributed by atoms with Crippen LogP contribution in [0.1, 0.15) is 6.42 Å². The van der Waals surface area contributed by atoms with Crippen molar-refractivity contribution in [3.63, 3.8) is 0 Å². The summed E-state index contributed by atoms with van der Waals surface area (Å²) in [6.45, 7) is 0.737. The molecule has 0 aliphatic carbocycles. The van der Waals surface area contributed by atoms with Crippen LogP contribution in [0.15, 0.2) is 53.4 Å². The topological polar surface area (TPSA) is 26.0 Å². The van der Waals surface area contributed by atoms with Gasteiger partial charge in [-0.05, 0) is 54.1 Å². The molecule has 0 unspecified atom stereocenters. The van der Waals surface area contributed by atoms with Crippen molar-refractivity contribution < 1.29 is 4.39 Å². The number of benzene rings is 2. The lowest BCUT2D eigenvalue weighted by molar-refractivity contribution is 0.628. The fourth-order valence-corrected chi connectivity index (χ4v) is 2.53. The molecule has 0 radical (unpaired) electrons. The van der Waals surface area contributed by atoms with E-state index in [0.717, 1.165) is 29.8 Å². The Morgan fingerprint density at radius 2 is 1.44 bits per heavy atom. The third-order valence-corrected chi connectivity index (χ3v) is 3.75. The van der Waals surface area contributed by atoms with Crippen LogP contribution in [0.25, 0.3) is 11.1 Å². The highest BCUT2D eigenvalue weighted by Crippen LogP contribution is 2.24. The lowest BCUT2D eigenvalue weighted by Crippen LogP contribution is -1.99. The molecule has 2 rings (SSSR count). The first kappa shape index (κ1) is 13.1. The third-order valence-electron chi connectivity index (χ3n) is 2.65. The van der Waals surface area contributed by atoms with Crippen LogP contribution in [0.2, 0.25) is 0 Å². The Morgan fingerprint density at radius 3 is 2.00 bits per heavy atom. The van der Waals surface area contributed by atoms with Gasteiger partial charge in [-0.2, -0.15) is 0 Å². The molecule has 2 aromatic carbocycles. The fourth-order valence-electron chi connectivity index (χ4n) is 1.66. The number of rotatable bonds is 5. The maximum Gasteiger partial charge on any atom is 0.123 e. The monoisotopic (exact) mass is 261 g/mol. The van der Waals surface area contributed by atoms with Crippen molar-refractivity contribution in [3.05, 3.63) is 54.3 Å². The van der Waals surface area contributed by atoms with Gasteiger partial charge in [0.1, 0.15) is 5.82 Å². The zero-order valence-corrected chi connectivity index (χ0v) is 10.9. The van der Waals surface area contributed by atoms with E-state index in [0.29, 0.717) is 0 Å². The van der Waals surface area contributed by atoms with E-state index < -0.39 is 0 Å². The van der Waals surface area contributed by atoms with E-state index in [1.807, 2.05) is 11.8 Å². The van der Waals surface area contributed by atoms with Crippen molar-refractivity contribution in [1.29, 1.82) is 0 Å². The number of halogens is 1. The zero-order valence-electron chi connectivity index (χ0n) is 10.1. The second-order valence-electron chi connectivity index (χ2n) is 4.02. The molecule has 0 fully saturated rings. The van der Waals surface area contributed by atoms with Gasteiger partial charge in [0, 0.05) is 4.90 Å². The van der Waals surface area contributed by atoms with Crippen LogP contribution in [-0.4, -0.2) is 12.3 Å². The number of hydrogen-bond donors (Lipinski definition) is 1. The molecule has 3 heteroatoms. The standard InChI is InChI=1S/C15H16FNS/c16-14-6-2-12(3-7-14)13-4-8-15(9-5-13)18-11-1-10-17/h2-9H,1,10-11,17H2. The van der Waals surface area contributed by atoms with Gasteiger partial charge in [0.15, 0.2) is 0 Å². The summed E-state index contributed by atoms with van der Waals surface area (Å²) in [5, 5.41) is 0. The highest BCUT2D eigenvalue weighted by Gasteiger charge is 1.99. The molecule has 1 nitrogen and oxygen atoms in total. The first-order valence-electron chi connectivity index (χ1n) is 5.98. The van der Waals surface area contributed by atoms with E-state index in [2.05, 4.69) is 24.3 Å². The summed E-state index contributed by atoms with van der Waals surface area (Å²) in [4.78, 5) is 1.24. The van der Waals surface area contributed by atoms with Gasteiger partial charge in [0.2, 0.25) is 0 Å². The van der Waals surface area contributed by atoms with Crippen LogP contribution in [0.3, 0.4) is 0 Å². The molecular weight excluding hydrogens is 245 g/mol. The Kier molecular flexibility index (Phi) is 4.79. The summed E-state index contributed by atoms with van der Waals surface area (Å²) < 4.78 is 12.8. The van der Waals surface area contributed by atoms with Crippen LogP contribution in [0.4, 0.5) is 4.39 Å². The summed E-state index contributed by atoms with van der Waals surface area (Å²) in [5.41, 5.74) is 7.61. The predicted octanol–water partition coefficient (Wildman–Crippen LogP) is 3.93. The summed E-state index contributed by atoms with van der Waals surface area (Å²) in [6, 6.07) is 14.9. The molecule has 2 N–H and O–H groups in total. The molecule has 0 atom stereocenters. The van der Waals surface area contributed by atoms with Gasteiger partial charge in [-0.3, -0.25) is 0 Å². The van der Waals surface area contributed by atoms with Gasteiger partial charge in [0.25, 0.3) is 0 Å². The normalized spacial score (nSPS) is 10.6. The van der Waals surface area contributed by atoms with E-state index in [1.165, 1.54) is 17.0 Å². The Hall–Kier alpha value is -1.32. The number of hydrogen-bond acceptors (Lipinski definition) is 2. The van der Waals surface area contributed by atoms with Crippen molar-refractivity contribution in [2.24, 2.45) is 5.73 Å². The fraction of sp³-hybridized carbons (Fsp3) is 0.200. The second kappa shape index (κ2) is 6.57. The van der Waals surface area contributed by atoms with E-state index >= 15 is 0 Å². The minimum atomic E-state index is -0.201. The highest BCUT2D eigenvalue weighted by atomic mass is 32.2. The largest absolute Gasteiger partial charge is 0.330 e. The van der Waals surface area contributed by atoms with E-state index in [9.17, 15) is 4.39 Å². The van der Waals surface area contributed by atoms with Crippen molar-refractivity contribution in [3.8, 4) is 11.1 Å². The van der Waals surface area contributed by atoms with Crippen LogP contribution in [0, 0.1) is 5.82 Å². The lowest BCUT2D eigenvalue weighted by atomic mass is 10.1. The first-order valence-corrected chi connectivity index (χ1v) is 6.97. The molecule has 0 saturated carbocycles. The molecule has 0 heterocycles. The average Bonchev–Trinajstić information content (AvgIpc) is 2.41. The van der Waals surface area contributed by atoms with Crippen LogP contribution in [0.5, 0.6) is 0 Å². The van der Waals surface area contributed by atoms with Crippen LogP contribution in [-0.2, 0) is 0 Å². The summed E-state index contributed by atoms with van der Waals surface area (Å²) in [6.07, 6.45) is 1.03. The van der Waals surface area contributed by atoms with Gasteiger partial charge in [-0.1, -0.05) is 24.3 Å². The second-order valence-corrected chi connectivity index (χ2v) is 5.19. The molecule has 0 bridgehead atoms. The lowest BCUT2D eigenvalue weighted by Gasteiger charge is -2.04. The SMILES string of the molecule is NCCCSc1ccc(-c2ccc(F)cc2)cc1. The zero-order chi connectivity index (χ0) is 12.8. The Bertz CT molecular complexity index is 479. The summed E-state index contributed by atoms with van der Waals surface area (Å²) >= 11 is 1.81. The van der Waals surface area contributed by atoms with Gasteiger partial charge in [-0.15, -0.1) is 11.8 Å². The van der Waals surface area contributed by atoms with Crippen molar-refractivity contribution in [1.82, 2.24) is 0 Å². The van der Waals surface area contributed by atoms with Crippen molar-refractivity contribution in [2.45, 2.75) is 11.3 Å². The number of thioether (sulfide) groups is 1.